The molecule has 0 saturated heterocycles. The first-order valence-electron chi connectivity index (χ1n) is 3.10. The molecule has 4 N–H and O–H groups in total. The molecule has 0 unspecified atom stereocenters. The fourth-order valence-corrected chi connectivity index (χ4v) is 0.536. The molecule has 5 nitrogen and oxygen atoms in total. The minimum atomic E-state index is -1.85. The van der Waals surface area contributed by atoms with Crippen LogP contribution in [0.2, 0.25) is 0 Å². The van der Waals surface area contributed by atoms with Gasteiger partial charge in [-0.1, -0.05) is 0 Å². The summed E-state index contributed by atoms with van der Waals surface area (Å²) in [6.07, 6.45) is -3.24. The monoisotopic (exact) mass is 164 g/mol. The molecule has 0 aliphatic carbocycles. The van der Waals surface area contributed by atoms with E-state index >= 15 is 0 Å². The minimum absolute atomic E-state index is 0.0921. The second-order valence-electron chi connectivity index (χ2n) is 2.59. The Labute approximate surface area is 63.9 Å². The van der Waals surface area contributed by atoms with Crippen molar-refractivity contribution in [2.75, 3.05) is 6.61 Å². The van der Waals surface area contributed by atoms with Crippen LogP contribution in [0.1, 0.15) is 6.92 Å². The van der Waals surface area contributed by atoms with Gasteiger partial charge in [0.2, 0.25) is 0 Å². The lowest BCUT2D eigenvalue weighted by Crippen LogP contribution is -2.50. The Morgan fingerprint density at radius 1 is 1.55 bits per heavy atom. The molecule has 0 spiro atoms. The minimum Gasteiger partial charge on any atom is -0.393 e. The van der Waals surface area contributed by atoms with Crippen molar-refractivity contribution in [2.24, 2.45) is 0 Å². The lowest BCUT2D eigenvalue weighted by molar-refractivity contribution is -0.147. The van der Waals surface area contributed by atoms with Crippen LogP contribution in [0.15, 0.2) is 0 Å². The van der Waals surface area contributed by atoms with Gasteiger partial charge in [-0.3, -0.25) is 0 Å². The molecule has 0 radical (unpaired) electrons. The lowest BCUT2D eigenvalue weighted by atomic mass is 9.96. The summed E-state index contributed by atoms with van der Waals surface area (Å²) in [5, 5.41) is 35.2. The van der Waals surface area contributed by atoms with Gasteiger partial charge in [0.1, 0.15) is 17.8 Å². The maximum atomic E-state index is 9.91. The molecule has 0 fully saturated rings. The van der Waals surface area contributed by atoms with Crippen LogP contribution in [0.5, 0.6) is 0 Å². The van der Waals surface area contributed by atoms with E-state index in [-0.39, 0.29) is 6.29 Å². The zero-order chi connectivity index (χ0) is 9.07. The fraction of sp³-hybridized carbons (Fsp3) is 0.833. The number of aliphatic hydroxyl groups excluding tert-OH is 3. The van der Waals surface area contributed by atoms with Crippen molar-refractivity contribution in [3.05, 3.63) is 0 Å². The summed E-state index contributed by atoms with van der Waals surface area (Å²) >= 11 is 0. The average molecular weight is 164 g/mol. The molecule has 0 aliphatic heterocycles. The van der Waals surface area contributed by atoms with E-state index in [2.05, 4.69) is 0 Å². The van der Waals surface area contributed by atoms with Gasteiger partial charge in [-0.25, -0.2) is 0 Å². The highest BCUT2D eigenvalue weighted by Gasteiger charge is 2.34. The molecule has 11 heavy (non-hydrogen) atoms. The second-order valence-corrected chi connectivity index (χ2v) is 2.59. The van der Waals surface area contributed by atoms with Crippen molar-refractivity contribution in [1.82, 2.24) is 0 Å². The topological polar surface area (TPSA) is 98.0 Å². The average Bonchev–Trinajstić information content (AvgIpc) is 2.01. The number of hydrogen-bond acceptors (Lipinski definition) is 5. The highest BCUT2D eigenvalue weighted by atomic mass is 16.4. The van der Waals surface area contributed by atoms with E-state index in [1.165, 1.54) is 0 Å². The van der Waals surface area contributed by atoms with Gasteiger partial charge in [0, 0.05) is 0 Å². The summed E-state index contributed by atoms with van der Waals surface area (Å²) in [6, 6.07) is 0. The highest BCUT2D eigenvalue weighted by molar-refractivity contribution is 5.56. The summed E-state index contributed by atoms with van der Waals surface area (Å²) < 4.78 is 0. The van der Waals surface area contributed by atoms with Gasteiger partial charge in [0.25, 0.3) is 0 Å². The quantitative estimate of drug-likeness (QED) is 0.349. The molecule has 0 aromatic heterocycles. The van der Waals surface area contributed by atoms with Crippen LogP contribution in [0.3, 0.4) is 0 Å². The van der Waals surface area contributed by atoms with Crippen LogP contribution < -0.4 is 0 Å². The largest absolute Gasteiger partial charge is 0.393 e. The van der Waals surface area contributed by atoms with Gasteiger partial charge >= 0.3 is 0 Å². The smallest absolute Gasteiger partial charge is 0.151 e. The molecular weight excluding hydrogens is 152 g/mol. The van der Waals surface area contributed by atoms with Crippen LogP contribution >= 0.6 is 0 Å². The van der Waals surface area contributed by atoms with Crippen molar-refractivity contribution in [2.45, 2.75) is 24.7 Å². The Balaban J connectivity index is 4.21. The fourth-order valence-electron chi connectivity index (χ4n) is 0.536. The first-order valence-corrected chi connectivity index (χ1v) is 3.10. The molecule has 0 aliphatic rings. The normalized spacial score (nSPS) is 21.9. The molecule has 66 valence electrons. The summed E-state index contributed by atoms with van der Waals surface area (Å²) in [4.78, 5) is 9.91. The molecule has 3 atom stereocenters. The number of aliphatic hydroxyl groups is 4. The van der Waals surface area contributed by atoms with Crippen molar-refractivity contribution < 1.29 is 25.2 Å². The Hall–Kier alpha value is -0.490. The summed E-state index contributed by atoms with van der Waals surface area (Å²) in [6.45, 7) is 0.392. The van der Waals surface area contributed by atoms with E-state index in [4.69, 9.17) is 20.4 Å². The van der Waals surface area contributed by atoms with Crippen molar-refractivity contribution in [1.29, 1.82) is 0 Å². The zero-order valence-electron chi connectivity index (χ0n) is 6.14. The zero-order valence-corrected chi connectivity index (χ0v) is 6.14. The van der Waals surface area contributed by atoms with Gasteiger partial charge in [-0.05, 0) is 6.92 Å². The predicted octanol–water partition coefficient (Wildman–Crippen LogP) is -2.35. The summed E-state index contributed by atoms with van der Waals surface area (Å²) in [5.41, 5.74) is -1.85. The van der Waals surface area contributed by atoms with Crippen LogP contribution in [0.4, 0.5) is 0 Å². The van der Waals surface area contributed by atoms with Gasteiger partial charge in [-0.15, -0.1) is 0 Å². The third-order valence-corrected chi connectivity index (χ3v) is 1.42. The van der Waals surface area contributed by atoms with Crippen LogP contribution in [-0.2, 0) is 4.79 Å². The van der Waals surface area contributed by atoms with Crippen LogP contribution in [-0.4, -0.2) is 51.1 Å². The van der Waals surface area contributed by atoms with E-state index in [0.29, 0.717) is 0 Å². The molecule has 0 aromatic carbocycles. The van der Waals surface area contributed by atoms with Gasteiger partial charge < -0.3 is 25.2 Å². The Kier molecular flexibility index (Phi) is 3.61. The predicted molar refractivity (Wildman–Crippen MR) is 35.8 cm³/mol. The standard InChI is InChI=1S/C6H12O5/c1-6(11,3-8)5(10)4(9)2-7/h2,4-5,8-11H,3H2,1H3/t4-,5+,6+/m0/s1. The molecule has 0 heterocycles. The molecule has 0 bridgehead atoms. The molecule has 0 amide bonds. The van der Waals surface area contributed by atoms with Gasteiger partial charge in [-0.2, -0.15) is 0 Å². The number of aldehydes is 1. The highest BCUT2D eigenvalue weighted by Crippen LogP contribution is 2.11. The Morgan fingerprint density at radius 2 is 2.00 bits per heavy atom. The van der Waals surface area contributed by atoms with Crippen molar-refractivity contribution in [3.63, 3.8) is 0 Å². The number of carbonyl (C=O) groups excluding carboxylic acids is 1. The second kappa shape index (κ2) is 3.77. The van der Waals surface area contributed by atoms with E-state index in [1.807, 2.05) is 0 Å². The third-order valence-electron chi connectivity index (χ3n) is 1.42. The molecule has 0 rings (SSSR count). The van der Waals surface area contributed by atoms with E-state index in [0.717, 1.165) is 6.92 Å². The Bertz CT molecular complexity index is 133. The van der Waals surface area contributed by atoms with Crippen molar-refractivity contribution >= 4 is 6.29 Å². The Morgan fingerprint density at radius 3 is 2.27 bits per heavy atom. The van der Waals surface area contributed by atoms with E-state index in [9.17, 15) is 4.79 Å². The first kappa shape index (κ1) is 10.5. The van der Waals surface area contributed by atoms with E-state index in [1.54, 1.807) is 0 Å². The van der Waals surface area contributed by atoms with Crippen molar-refractivity contribution in [3.8, 4) is 0 Å². The first-order chi connectivity index (χ1) is 4.95. The molecule has 0 saturated carbocycles. The van der Waals surface area contributed by atoms with Gasteiger partial charge in [0.05, 0.1) is 6.61 Å². The molecular formula is C6H12O5. The van der Waals surface area contributed by atoms with Gasteiger partial charge in [0.15, 0.2) is 6.29 Å². The lowest BCUT2D eigenvalue weighted by Gasteiger charge is -2.27. The third kappa shape index (κ3) is 2.55. The van der Waals surface area contributed by atoms with E-state index < -0.39 is 24.4 Å². The maximum Gasteiger partial charge on any atom is 0.151 e. The number of rotatable bonds is 4. The number of carbonyl (C=O) groups is 1. The van der Waals surface area contributed by atoms with Crippen LogP contribution in [0.25, 0.3) is 0 Å². The SMILES string of the molecule is C[C@@](O)(CO)[C@H](O)[C@@H](O)C=O. The summed E-state index contributed by atoms with van der Waals surface area (Å²) in [7, 11) is 0. The molecule has 5 heteroatoms. The number of hydrogen-bond donors (Lipinski definition) is 4. The maximum absolute atomic E-state index is 9.91. The summed E-state index contributed by atoms with van der Waals surface area (Å²) in [5.74, 6) is 0. The molecule has 0 aromatic rings. The van der Waals surface area contributed by atoms with Crippen LogP contribution in [0, 0.1) is 0 Å².